The summed E-state index contributed by atoms with van der Waals surface area (Å²) in [7, 11) is 0. The second-order valence-electron chi connectivity index (χ2n) is 12.7. The number of fused-ring (bicyclic) bond motifs is 9. The predicted molar refractivity (Wildman–Crippen MR) is 220 cm³/mol. The van der Waals surface area contributed by atoms with Crippen LogP contribution in [0.15, 0.2) is 152 Å². The number of hydrogen-bond donors (Lipinski definition) is 0. The number of thiophene rings is 3. The minimum Gasteiger partial charge on any atom is -0.208 e. The van der Waals surface area contributed by atoms with Gasteiger partial charge in [-0.1, -0.05) is 121 Å². The summed E-state index contributed by atoms with van der Waals surface area (Å²) in [4.78, 5) is 15.4. The van der Waals surface area contributed by atoms with Crippen LogP contribution < -0.4 is 0 Å². The minimum atomic E-state index is 0.670. The summed E-state index contributed by atoms with van der Waals surface area (Å²) in [5.74, 6) is 2.03. The first-order chi connectivity index (χ1) is 25.3. The Bertz CT molecular complexity index is 3150. The molecule has 0 atom stereocenters. The molecule has 11 rings (SSSR count). The topological polar surface area (TPSA) is 38.7 Å². The van der Waals surface area contributed by atoms with Gasteiger partial charge in [-0.15, -0.1) is 34.0 Å². The average molecular weight is 704 g/mol. The first-order valence-corrected chi connectivity index (χ1v) is 19.3. The Balaban J connectivity index is 1.10. The van der Waals surface area contributed by atoms with Gasteiger partial charge in [0.2, 0.25) is 0 Å². The van der Waals surface area contributed by atoms with Crippen LogP contribution in [0.3, 0.4) is 0 Å². The molecular formula is C45H25N3S3. The lowest BCUT2D eigenvalue weighted by Crippen LogP contribution is -2.00. The lowest BCUT2D eigenvalue weighted by atomic mass is 9.97. The summed E-state index contributed by atoms with van der Waals surface area (Å²) in [5.41, 5.74) is 5.53. The van der Waals surface area contributed by atoms with Gasteiger partial charge in [0.1, 0.15) is 0 Å². The Morgan fingerprint density at radius 1 is 0.314 bits per heavy atom. The molecule has 6 heteroatoms. The molecule has 4 aromatic heterocycles. The molecule has 0 amide bonds. The summed E-state index contributed by atoms with van der Waals surface area (Å²) in [5, 5.41) is 7.67. The normalized spacial score (nSPS) is 11.9. The second-order valence-corrected chi connectivity index (χ2v) is 15.9. The molecule has 238 valence electrons. The van der Waals surface area contributed by atoms with Crippen molar-refractivity contribution in [1.82, 2.24) is 15.0 Å². The molecule has 0 spiro atoms. The highest BCUT2D eigenvalue weighted by molar-refractivity contribution is 7.27. The van der Waals surface area contributed by atoms with Crippen LogP contribution >= 0.6 is 34.0 Å². The number of hydrogen-bond acceptors (Lipinski definition) is 6. The van der Waals surface area contributed by atoms with Gasteiger partial charge in [0.25, 0.3) is 0 Å². The third-order valence-electron chi connectivity index (χ3n) is 9.76. The largest absolute Gasteiger partial charge is 0.208 e. The van der Waals surface area contributed by atoms with Gasteiger partial charge in [-0.05, 0) is 35.9 Å². The van der Waals surface area contributed by atoms with E-state index in [1.807, 2.05) is 40.9 Å². The van der Waals surface area contributed by atoms with E-state index in [4.69, 9.17) is 15.0 Å². The summed E-state index contributed by atoms with van der Waals surface area (Å²) in [6.45, 7) is 0. The number of aromatic nitrogens is 3. The molecule has 0 radical (unpaired) electrons. The number of nitrogens with zero attached hydrogens (tertiary/aromatic N) is 3. The van der Waals surface area contributed by atoms with Gasteiger partial charge < -0.3 is 0 Å². The van der Waals surface area contributed by atoms with Crippen LogP contribution in [0.25, 0.3) is 106 Å². The number of benzene rings is 7. The molecule has 0 fully saturated rings. The average Bonchev–Trinajstić information content (AvgIpc) is 3.89. The fourth-order valence-corrected chi connectivity index (χ4v) is 11.0. The quantitative estimate of drug-likeness (QED) is 0.183. The smallest absolute Gasteiger partial charge is 0.165 e. The van der Waals surface area contributed by atoms with Crippen LogP contribution in [0, 0.1) is 0 Å². The lowest BCUT2D eigenvalue weighted by molar-refractivity contribution is 1.08. The SMILES string of the molecule is c1ccc(-c2nc(-c3ccc4c(c3)sc3cccc(-c5cccc6c5sc5ccccc56)c34)nc(-c3cccc4c3sc3ccccc34)n2)cc1. The summed E-state index contributed by atoms with van der Waals surface area (Å²) < 4.78 is 7.60. The van der Waals surface area contributed by atoms with Gasteiger partial charge in [-0.3, -0.25) is 0 Å². The van der Waals surface area contributed by atoms with Crippen molar-refractivity contribution in [1.29, 1.82) is 0 Å². The third kappa shape index (κ3) is 4.58. The highest BCUT2D eigenvalue weighted by Gasteiger charge is 2.19. The molecule has 0 aliphatic rings. The Morgan fingerprint density at radius 2 is 0.863 bits per heavy atom. The Labute approximate surface area is 304 Å². The van der Waals surface area contributed by atoms with E-state index < -0.39 is 0 Å². The van der Waals surface area contributed by atoms with E-state index in [2.05, 4.69) is 133 Å². The van der Waals surface area contributed by atoms with E-state index in [-0.39, 0.29) is 0 Å². The molecule has 0 N–H and O–H groups in total. The van der Waals surface area contributed by atoms with Crippen molar-refractivity contribution in [3.05, 3.63) is 152 Å². The molecule has 0 aliphatic heterocycles. The van der Waals surface area contributed by atoms with Gasteiger partial charge in [0.15, 0.2) is 17.5 Å². The van der Waals surface area contributed by atoms with E-state index in [0.717, 1.165) is 16.7 Å². The Kier molecular flexibility index (Phi) is 6.46. The van der Waals surface area contributed by atoms with E-state index in [9.17, 15) is 0 Å². The first-order valence-electron chi connectivity index (χ1n) is 16.9. The van der Waals surface area contributed by atoms with E-state index in [1.54, 1.807) is 11.3 Å². The molecule has 0 bridgehead atoms. The highest BCUT2D eigenvalue weighted by Crippen LogP contribution is 2.46. The van der Waals surface area contributed by atoms with E-state index >= 15 is 0 Å². The molecule has 0 unspecified atom stereocenters. The molecule has 7 aromatic carbocycles. The zero-order chi connectivity index (χ0) is 33.5. The Morgan fingerprint density at radius 3 is 1.61 bits per heavy atom. The maximum atomic E-state index is 5.19. The van der Waals surface area contributed by atoms with Crippen LogP contribution in [-0.4, -0.2) is 15.0 Å². The van der Waals surface area contributed by atoms with Crippen molar-refractivity contribution < 1.29 is 0 Å². The molecular weight excluding hydrogens is 679 g/mol. The fourth-order valence-electron chi connectivity index (χ4n) is 7.41. The summed E-state index contributed by atoms with van der Waals surface area (Å²) >= 11 is 5.50. The van der Waals surface area contributed by atoms with Crippen molar-refractivity contribution in [3.63, 3.8) is 0 Å². The first kappa shape index (κ1) is 29.0. The zero-order valence-electron chi connectivity index (χ0n) is 27.0. The van der Waals surface area contributed by atoms with Gasteiger partial charge in [0.05, 0.1) is 0 Å². The molecule has 3 nitrogen and oxygen atoms in total. The van der Waals surface area contributed by atoms with Crippen LogP contribution in [0.4, 0.5) is 0 Å². The second kappa shape index (κ2) is 11.4. The highest BCUT2D eigenvalue weighted by atomic mass is 32.1. The van der Waals surface area contributed by atoms with Crippen LogP contribution in [0.5, 0.6) is 0 Å². The summed E-state index contributed by atoms with van der Waals surface area (Å²) in [6, 6.07) is 54.1. The van der Waals surface area contributed by atoms with Gasteiger partial charge in [-0.25, -0.2) is 15.0 Å². The van der Waals surface area contributed by atoms with Crippen LogP contribution in [0.2, 0.25) is 0 Å². The third-order valence-corrected chi connectivity index (χ3v) is 13.3. The zero-order valence-corrected chi connectivity index (χ0v) is 29.4. The van der Waals surface area contributed by atoms with Crippen molar-refractivity contribution >= 4 is 94.5 Å². The molecule has 11 aromatic rings. The summed E-state index contributed by atoms with van der Waals surface area (Å²) in [6.07, 6.45) is 0. The lowest BCUT2D eigenvalue weighted by Gasteiger charge is -2.09. The molecule has 51 heavy (non-hydrogen) atoms. The van der Waals surface area contributed by atoms with E-state index in [1.165, 1.54) is 71.6 Å². The molecule has 0 saturated carbocycles. The van der Waals surface area contributed by atoms with Gasteiger partial charge >= 0.3 is 0 Å². The van der Waals surface area contributed by atoms with Crippen molar-refractivity contribution in [2.45, 2.75) is 0 Å². The van der Waals surface area contributed by atoms with Crippen molar-refractivity contribution in [3.8, 4) is 45.3 Å². The standard InChI is InChI=1S/C45H25N3S3/c1-2-11-26(12-3-1)43-46-44(48-45(47-43)35-19-9-17-32-29-14-5-7-21-37(29)51-42(32)35)27-23-24-34-39(25-27)49-38-22-10-15-30(40(34)38)33-18-8-16-31-28-13-4-6-20-36(28)50-41(31)33/h1-25H. The molecule has 0 aliphatic carbocycles. The van der Waals surface area contributed by atoms with Crippen LogP contribution in [0.1, 0.15) is 0 Å². The maximum Gasteiger partial charge on any atom is 0.165 e. The minimum absolute atomic E-state index is 0.670. The van der Waals surface area contributed by atoms with Crippen molar-refractivity contribution in [2.75, 3.05) is 0 Å². The molecule has 4 heterocycles. The van der Waals surface area contributed by atoms with Crippen molar-refractivity contribution in [2.24, 2.45) is 0 Å². The van der Waals surface area contributed by atoms with Gasteiger partial charge in [-0.2, -0.15) is 0 Å². The monoisotopic (exact) mass is 703 g/mol. The van der Waals surface area contributed by atoms with Gasteiger partial charge in [0, 0.05) is 82.8 Å². The van der Waals surface area contributed by atoms with Crippen LogP contribution in [-0.2, 0) is 0 Å². The number of rotatable bonds is 4. The maximum absolute atomic E-state index is 5.19. The predicted octanol–water partition coefficient (Wildman–Crippen LogP) is 13.6. The van der Waals surface area contributed by atoms with E-state index in [0.29, 0.717) is 17.5 Å². The fraction of sp³-hybridized carbons (Fsp3) is 0. The molecule has 0 saturated heterocycles. The Hall–Kier alpha value is -5.79.